The minimum Gasteiger partial charge on any atom is -0.493 e. The lowest BCUT2D eigenvalue weighted by atomic mass is 10.2. The van der Waals surface area contributed by atoms with Gasteiger partial charge < -0.3 is 10.5 Å². The fraction of sp³-hybridized carbons (Fsp3) is 0.111. The van der Waals surface area contributed by atoms with E-state index < -0.39 is 0 Å². The zero-order valence-corrected chi connectivity index (χ0v) is 9.98. The summed E-state index contributed by atoms with van der Waals surface area (Å²) in [6.07, 6.45) is 0. The molecule has 68 valence electrons. The first-order valence-corrected chi connectivity index (χ1v) is 6.86. The van der Waals surface area contributed by atoms with E-state index in [0.717, 1.165) is 5.56 Å². The van der Waals surface area contributed by atoms with Gasteiger partial charge in [0.1, 0.15) is 0 Å². The zero-order chi connectivity index (χ0) is 9.68. The van der Waals surface area contributed by atoms with Crippen molar-refractivity contribution in [3.63, 3.8) is 0 Å². The van der Waals surface area contributed by atoms with Crippen LogP contribution in [0, 0.1) is 11.2 Å². The van der Waals surface area contributed by atoms with Gasteiger partial charge in [0.15, 0.2) is 5.75 Å². The topological polar surface area (TPSA) is 35.2 Å². The van der Waals surface area contributed by atoms with Crippen LogP contribution in [0.25, 0.3) is 0 Å². The molecule has 0 spiro atoms. The maximum atomic E-state index is 5.70. The summed E-state index contributed by atoms with van der Waals surface area (Å²) in [5.74, 6) is 3.61. The van der Waals surface area contributed by atoms with Gasteiger partial charge in [0.2, 0.25) is 0 Å². The Bertz CT molecular complexity index is 356. The summed E-state index contributed by atoms with van der Waals surface area (Å²) >= 11 is 2.12. The summed E-state index contributed by atoms with van der Waals surface area (Å²) in [5.41, 5.74) is 7.15. The second-order valence-electron chi connectivity index (χ2n) is 2.23. The van der Waals surface area contributed by atoms with Crippen LogP contribution in [-0.2, 0) is 0 Å². The average molecular weight is 305 g/mol. The Hall–Kier alpha value is -0.540. The molecule has 1 aromatic rings. The van der Waals surface area contributed by atoms with Crippen molar-refractivity contribution in [1.29, 1.82) is 0 Å². The first-order chi connectivity index (χ1) is 6.29. The van der Waals surface area contributed by atoms with Crippen molar-refractivity contribution in [1.82, 2.24) is 0 Å². The number of benzene rings is 1. The van der Waals surface area contributed by atoms with E-state index in [4.69, 9.17) is 10.5 Å². The SMILES string of the molecule is COc1c(N)cccc1C#CSI. The molecule has 0 radical (unpaired) electrons. The third kappa shape index (κ3) is 2.71. The highest BCUT2D eigenvalue weighted by Gasteiger charge is 2.02. The van der Waals surface area contributed by atoms with Gasteiger partial charge in [-0.05, 0) is 26.3 Å². The van der Waals surface area contributed by atoms with Crippen molar-refractivity contribution < 1.29 is 4.74 Å². The highest BCUT2D eigenvalue weighted by molar-refractivity contribution is 14.2. The molecule has 0 aromatic heterocycles. The lowest BCUT2D eigenvalue weighted by Crippen LogP contribution is -1.94. The van der Waals surface area contributed by atoms with E-state index in [1.54, 1.807) is 13.2 Å². The van der Waals surface area contributed by atoms with Crippen LogP contribution in [0.3, 0.4) is 0 Å². The van der Waals surface area contributed by atoms with Crippen molar-refractivity contribution in [2.45, 2.75) is 0 Å². The van der Waals surface area contributed by atoms with Gasteiger partial charge in [-0.3, -0.25) is 0 Å². The number of hydrogen-bond donors (Lipinski definition) is 1. The zero-order valence-electron chi connectivity index (χ0n) is 7.00. The fourth-order valence-electron chi connectivity index (χ4n) is 0.955. The number of hydrogen-bond acceptors (Lipinski definition) is 3. The van der Waals surface area contributed by atoms with Crippen LogP contribution in [0.4, 0.5) is 5.69 Å². The quantitative estimate of drug-likeness (QED) is 0.492. The second kappa shape index (κ2) is 5.25. The summed E-state index contributed by atoms with van der Waals surface area (Å²) in [6, 6.07) is 5.54. The van der Waals surface area contributed by atoms with Crippen molar-refractivity contribution in [3.05, 3.63) is 23.8 Å². The molecule has 0 saturated heterocycles. The van der Waals surface area contributed by atoms with Crippen LogP contribution >= 0.6 is 30.1 Å². The fourth-order valence-corrected chi connectivity index (χ4v) is 1.43. The smallest absolute Gasteiger partial charge is 0.157 e. The molecule has 0 bridgehead atoms. The van der Waals surface area contributed by atoms with Crippen molar-refractivity contribution in [3.8, 4) is 16.9 Å². The van der Waals surface area contributed by atoms with Crippen LogP contribution < -0.4 is 10.5 Å². The minimum atomic E-state index is 0.618. The lowest BCUT2D eigenvalue weighted by Gasteiger charge is -2.05. The van der Waals surface area contributed by atoms with Crippen LogP contribution in [0.15, 0.2) is 18.2 Å². The maximum Gasteiger partial charge on any atom is 0.157 e. The van der Waals surface area contributed by atoms with Gasteiger partial charge in [-0.1, -0.05) is 12.0 Å². The largest absolute Gasteiger partial charge is 0.493 e. The molecule has 0 fully saturated rings. The maximum absolute atomic E-state index is 5.70. The summed E-state index contributed by atoms with van der Waals surface area (Å²) in [4.78, 5) is 0. The normalized spacial score (nSPS) is 8.77. The van der Waals surface area contributed by atoms with Crippen molar-refractivity contribution >= 4 is 35.8 Å². The number of methoxy groups -OCH3 is 1. The molecule has 2 N–H and O–H groups in total. The highest BCUT2D eigenvalue weighted by atomic mass is 127. The molecule has 0 aliphatic rings. The average Bonchev–Trinajstić information content (AvgIpc) is 2.15. The third-order valence-electron chi connectivity index (χ3n) is 1.47. The summed E-state index contributed by atoms with van der Waals surface area (Å²) in [7, 11) is 3.03. The standard InChI is InChI=1S/C9H8INOS/c1-12-9-7(5-6-13-10)3-2-4-8(9)11/h2-4H,11H2,1H3. The summed E-state index contributed by atoms with van der Waals surface area (Å²) < 4.78 is 5.13. The minimum absolute atomic E-state index is 0.618. The van der Waals surface area contributed by atoms with E-state index >= 15 is 0 Å². The molecule has 13 heavy (non-hydrogen) atoms. The summed E-state index contributed by atoms with van der Waals surface area (Å²) in [5, 5.41) is 2.88. The molecular weight excluding hydrogens is 297 g/mol. The van der Waals surface area contributed by atoms with Crippen LogP contribution in [0.5, 0.6) is 5.75 Å². The Morgan fingerprint density at radius 2 is 2.31 bits per heavy atom. The lowest BCUT2D eigenvalue weighted by molar-refractivity contribution is 0.416. The predicted octanol–water partition coefficient (Wildman–Crippen LogP) is 2.67. The molecule has 0 aliphatic heterocycles. The number of ether oxygens (including phenoxy) is 1. The Morgan fingerprint density at radius 3 is 2.92 bits per heavy atom. The third-order valence-corrected chi connectivity index (χ3v) is 2.31. The van der Waals surface area contributed by atoms with Crippen molar-refractivity contribution in [2.24, 2.45) is 0 Å². The molecule has 0 unspecified atom stereocenters. The number of para-hydroxylation sites is 1. The Kier molecular flexibility index (Phi) is 4.25. The number of anilines is 1. The van der Waals surface area contributed by atoms with Gasteiger partial charge in [-0.15, -0.1) is 0 Å². The van der Waals surface area contributed by atoms with Crippen molar-refractivity contribution in [2.75, 3.05) is 12.8 Å². The number of rotatable bonds is 1. The molecule has 0 amide bonds. The predicted molar refractivity (Wildman–Crippen MR) is 65.9 cm³/mol. The van der Waals surface area contributed by atoms with E-state index in [1.165, 1.54) is 8.93 Å². The Labute approximate surface area is 93.8 Å². The molecule has 1 rings (SSSR count). The van der Waals surface area contributed by atoms with Crippen LogP contribution in [0.1, 0.15) is 5.56 Å². The molecule has 0 atom stereocenters. The molecular formula is C9H8INOS. The Balaban J connectivity index is 3.12. The molecule has 1 aromatic carbocycles. The van der Waals surface area contributed by atoms with E-state index in [1.807, 2.05) is 12.1 Å². The highest BCUT2D eigenvalue weighted by Crippen LogP contribution is 2.25. The van der Waals surface area contributed by atoms with Gasteiger partial charge >= 0.3 is 0 Å². The Morgan fingerprint density at radius 1 is 1.54 bits per heavy atom. The van der Waals surface area contributed by atoms with E-state index in [-0.39, 0.29) is 0 Å². The summed E-state index contributed by atoms with van der Waals surface area (Å²) in [6.45, 7) is 0. The monoisotopic (exact) mass is 305 g/mol. The number of halogens is 1. The van der Waals surface area contributed by atoms with Crippen LogP contribution in [0.2, 0.25) is 0 Å². The van der Waals surface area contributed by atoms with E-state index in [2.05, 4.69) is 32.4 Å². The van der Waals surface area contributed by atoms with E-state index in [0.29, 0.717) is 11.4 Å². The number of nitrogens with two attached hydrogens (primary N) is 1. The molecule has 0 aliphatic carbocycles. The molecule has 0 saturated carbocycles. The van der Waals surface area contributed by atoms with Gasteiger partial charge in [0.25, 0.3) is 0 Å². The van der Waals surface area contributed by atoms with Gasteiger partial charge in [-0.25, -0.2) is 0 Å². The molecule has 2 nitrogen and oxygen atoms in total. The number of nitrogen functional groups attached to an aromatic ring is 1. The molecule has 0 heterocycles. The van der Waals surface area contributed by atoms with Gasteiger partial charge in [0.05, 0.1) is 18.4 Å². The molecule has 4 heteroatoms. The van der Waals surface area contributed by atoms with Gasteiger partial charge in [0, 0.05) is 21.2 Å². The van der Waals surface area contributed by atoms with Crippen LogP contribution in [-0.4, -0.2) is 7.11 Å². The first-order valence-electron chi connectivity index (χ1n) is 3.50. The second-order valence-corrected chi connectivity index (χ2v) is 3.91. The van der Waals surface area contributed by atoms with E-state index in [9.17, 15) is 0 Å². The first kappa shape index (κ1) is 10.5. The van der Waals surface area contributed by atoms with Gasteiger partial charge in [-0.2, -0.15) is 0 Å².